The fourth-order valence-electron chi connectivity index (χ4n) is 3.77. The van der Waals surface area contributed by atoms with Crippen LogP contribution in [0.3, 0.4) is 0 Å². The van der Waals surface area contributed by atoms with Crippen LogP contribution in [-0.2, 0) is 15.6 Å². The molecular weight excluding hydrogens is 432 g/mol. The Balaban J connectivity index is 2.08. The van der Waals surface area contributed by atoms with Crippen LogP contribution < -0.4 is 4.74 Å². The van der Waals surface area contributed by atoms with Crippen LogP contribution in [0.2, 0.25) is 0 Å². The standard InChI is InChI=1S/C23H20N2O6S/c1-23(26,19-10-6-7-11-21(19)25(27)28)22-15-16-14-17(31-2)12-13-20(16)24(22)32(29,30)18-8-4-3-5-9-18/h3-15,26H,1-2H3. The molecule has 0 bridgehead atoms. The molecule has 4 rings (SSSR count). The van der Waals surface area contributed by atoms with Crippen LogP contribution in [0.25, 0.3) is 10.9 Å². The van der Waals surface area contributed by atoms with Gasteiger partial charge in [0.2, 0.25) is 0 Å². The zero-order valence-corrected chi connectivity index (χ0v) is 18.1. The van der Waals surface area contributed by atoms with Gasteiger partial charge in [0.05, 0.1) is 33.7 Å². The third kappa shape index (κ3) is 3.41. The Morgan fingerprint density at radius 1 is 1.00 bits per heavy atom. The number of methoxy groups -OCH3 is 1. The van der Waals surface area contributed by atoms with Crippen LogP contribution >= 0.6 is 0 Å². The second kappa shape index (κ2) is 7.77. The largest absolute Gasteiger partial charge is 0.497 e. The molecule has 4 aromatic rings. The maximum atomic E-state index is 13.7. The minimum Gasteiger partial charge on any atom is -0.497 e. The van der Waals surface area contributed by atoms with Gasteiger partial charge in [-0.1, -0.05) is 30.3 Å². The number of hydrogen-bond donors (Lipinski definition) is 1. The number of aromatic nitrogens is 1. The highest BCUT2D eigenvalue weighted by Crippen LogP contribution is 2.40. The van der Waals surface area contributed by atoms with E-state index in [0.717, 1.165) is 3.97 Å². The Bertz CT molecular complexity index is 1430. The van der Waals surface area contributed by atoms with E-state index in [-0.39, 0.29) is 21.8 Å². The summed E-state index contributed by atoms with van der Waals surface area (Å²) in [7, 11) is -2.66. The van der Waals surface area contributed by atoms with Gasteiger partial charge in [-0.25, -0.2) is 12.4 Å². The molecular formula is C23H20N2O6S. The molecule has 1 N–H and O–H groups in total. The quantitative estimate of drug-likeness (QED) is 0.349. The fraction of sp³-hybridized carbons (Fsp3) is 0.130. The Labute approximate surface area is 184 Å². The normalized spacial score (nSPS) is 13.6. The Kier molecular flexibility index (Phi) is 5.23. The number of nitrogens with zero attached hydrogens (tertiary/aromatic N) is 2. The Hall–Kier alpha value is -3.69. The van der Waals surface area contributed by atoms with Gasteiger partial charge < -0.3 is 9.84 Å². The van der Waals surface area contributed by atoms with E-state index in [1.165, 1.54) is 50.4 Å². The van der Waals surface area contributed by atoms with E-state index in [1.807, 2.05) is 0 Å². The van der Waals surface area contributed by atoms with Crippen molar-refractivity contribution in [1.82, 2.24) is 3.97 Å². The first-order valence-corrected chi connectivity index (χ1v) is 11.1. The van der Waals surface area contributed by atoms with Crippen LogP contribution in [0.1, 0.15) is 18.2 Å². The molecule has 0 aliphatic heterocycles. The topological polar surface area (TPSA) is 112 Å². The number of para-hydroxylation sites is 1. The first kappa shape index (κ1) is 21.5. The van der Waals surface area contributed by atoms with Gasteiger partial charge in [0.1, 0.15) is 11.4 Å². The number of benzene rings is 3. The zero-order valence-electron chi connectivity index (χ0n) is 17.3. The maximum absolute atomic E-state index is 13.7. The molecule has 3 aromatic carbocycles. The smallest absolute Gasteiger partial charge is 0.275 e. The number of nitro groups is 1. The molecule has 164 valence electrons. The number of rotatable bonds is 6. The summed E-state index contributed by atoms with van der Waals surface area (Å²) in [6.07, 6.45) is 0. The van der Waals surface area contributed by atoms with Crippen molar-refractivity contribution >= 4 is 26.6 Å². The minimum atomic E-state index is -4.15. The van der Waals surface area contributed by atoms with Gasteiger partial charge in [0.25, 0.3) is 15.7 Å². The molecule has 0 amide bonds. The van der Waals surface area contributed by atoms with Gasteiger partial charge in [-0.15, -0.1) is 0 Å². The Morgan fingerprint density at radius 3 is 2.31 bits per heavy atom. The van der Waals surface area contributed by atoms with E-state index in [4.69, 9.17) is 4.74 Å². The summed E-state index contributed by atoms with van der Waals surface area (Å²) in [5, 5.41) is 23.7. The summed E-state index contributed by atoms with van der Waals surface area (Å²) in [6.45, 7) is 1.35. The van der Waals surface area contributed by atoms with Crippen molar-refractivity contribution in [2.45, 2.75) is 17.4 Å². The highest BCUT2D eigenvalue weighted by Gasteiger charge is 2.38. The summed E-state index contributed by atoms with van der Waals surface area (Å²) < 4.78 is 33.6. The summed E-state index contributed by atoms with van der Waals surface area (Å²) in [6, 6.07) is 19.9. The van der Waals surface area contributed by atoms with Crippen molar-refractivity contribution in [3.8, 4) is 5.75 Å². The molecule has 1 heterocycles. The number of ether oxygens (including phenoxy) is 1. The summed E-state index contributed by atoms with van der Waals surface area (Å²) in [5.41, 5.74) is -2.06. The van der Waals surface area contributed by atoms with E-state index in [1.54, 1.807) is 42.5 Å². The molecule has 9 heteroatoms. The third-order valence-corrected chi connectivity index (χ3v) is 7.11. The average molecular weight is 452 g/mol. The molecule has 32 heavy (non-hydrogen) atoms. The van der Waals surface area contributed by atoms with Gasteiger partial charge >= 0.3 is 0 Å². The summed E-state index contributed by atoms with van der Waals surface area (Å²) >= 11 is 0. The lowest BCUT2D eigenvalue weighted by Gasteiger charge is -2.25. The Morgan fingerprint density at radius 2 is 1.66 bits per heavy atom. The molecule has 0 saturated heterocycles. The summed E-state index contributed by atoms with van der Waals surface area (Å²) in [5.74, 6) is 0.503. The minimum absolute atomic E-state index is 0.0212. The van der Waals surface area contributed by atoms with E-state index < -0.39 is 20.5 Å². The van der Waals surface area contributed by atoms with Gasteiger partial charge in [-0.3, -0.25) is 10.1 Å². The van der Waals surface area contributed by atoms with Crippen LogP contribution in [0.15, 0.2) is 83.8 Å². The van der Waals surface area contributed by atoms with Crippen molar-refractivity contribution < 1.29 is 23.2 Å². The number of hydrogen-bond acceptors (Lipinski definition) is 6. The van der Waals surface area contributed by atoms with Crippen molar-refractivity contribution in [2.24, 2.45) is 0 Å². The monoisotopic (exact) mass is 452 g/mol. The van der Waals surface area contributed by atoms with E-state index in [2.05, 4.69) is 0 Å². The van der Waals surface area contributed by atoms with Crippen LogP contribution in [0.5, 0.6) is 5.75 Å². The van der Waals surface area contributed by atoms with E-state index in [9.17, 15) is 23.6 Å². The molecule has 1 atom stereocenters. The lowest BCUT2D eigenvalue weighted by atomic mass is 9.91. The molecule has 0 aliphatic rings. The average Bonchev–Trinajstić information content (AvgIpc) is 3.20. The van der Waals surface area contributed by atoms with Crippen LogP contribution in [0.4, 0.5) is 5.69 Å². The molecule has 1 aromatic heterocycles. The molecule has 0 spiro atoms. The first-order chi connectivity index (χ1) is 15.2. The van der Waals surface area contributed by atoms with E-state index >= 15 is 0 Å². The van der Waals surface area contributed by atoms with Crippen molar-refractivity contribution in [1.29, 1.82) is 0 Å². The molecule has 0 aliphatic carbocycles. The maximum Gasteiger partial charge on any atom is 0.275 e. The lowest BCUT2D eigenvalue weighted by Crippen LogP contribution is -2.30. The molecule has 1 unspecified atom stereocenters. The highest BCUT2D eigenvalue weighted by molar-refractivity contribution is 7.90. The fourth-order valence-corrected chi connectivity index (χ4v) is 5.40. The zero-order chi connectivity index (χ0) is 23.1. The highest BCUT2D eigenvalue weighted by atomic mass is 32.2. The summed E-state index contributed by atoms with van der Waals surface area (Å²) in [4.78, 5) is 11.0. The number of nitro benzene ring substituents is 1. The molecule has 0 radical (unpaired) electrons. The lowest BCUT2D eigenvalue weighted by molar-refractivity contribution is -0.386. The third-order valence-electron chi connectivity index (χ3n) is 5.37. The molecule has 8 nitrogen and oxygen atoms in total. The first-order valence-electron chi connectivity index (χ1n) is 9.65. The van der Waals surface area contributed by atoms with Crippen molar-refractivity contribution in [2.75, 3.05) is 7.11 Å². The molecule has 0 saturated carbocycles. The predicted molar refractivity (Wildman–Crippen MR) is 119 cm³/mol. The van der Waals surface area contributed by atoms with Gasteiger partial charge in [-0.05, 0) is 49.4 Å². The SMILES string of the molecule is COc1ccc2c(c1)cc(C(C)(O)c1ccccc1[N+](=O)[O-])n2S(=O)(=O)c1ccccc1. The number of aliphatic hydroxyl groups is 1. The van der Waals surface area contributed by atoms with Crippen molar-refractivity contribution in [3.63, 3.8) is 0 Å². The predicted octanol–water partition coefficient (Wildman–Crippen LogP) is 4.05. The van der Waals surface area contributed by atoms with Gasteiger partial charge in [0.15, 0.2) is 0 Å². The van der Waals surface area contributed by atoms with Crippen LogP contribution in [0, 0.1) is 10.1 Å². The second-order valence-electron chi connectivity index (χ2n) is 7.38. The number of fused-ring (bicyclic) bond motifs is 1. The van der Waals surface area contributed by atoms with Gasteiger partial charge in [0, 0.05) is 11.5 Å². The van der Waals surface area contributed by atoms with Crippen molar-refractivity contribution in [3.05, 3.63) is 100 Å². The molecule has 0 fully saturated rings. The van der Waals surface area contributed by atoms with Gasteiger partial charge in [-0.2, -0.15) is 0 Å². The second-order valence-corrected chi connectivity index (χ2v) is 9.17. The van der Waals surface area contributed by atoms with Crippen LogP contribution in [-0.4, -0.2) is 29.5 Å². The van der Waals surface area contributed by atoms with E-state index in [0.29, 0.717) is 16.7 Å².